The standard InChI is InChI=1S/C17H19N3O4S/c21-14-4-3-11-20(12-14)25(23,24)15-8-6-13(7-9-15)19-17(22)16-5-1-2-10-18-16/h1-2,5-10,14,21H,3-4,11-12H2,(H,19,22)/t14-/m1/s1. The third kappa shape index (κ3) is 4.04. The van der Waals surface area contributed by atoms with Crippen molar-refractivity contribution >= 4 is 21.6 Å². The van der Waals surface area contributed by atoms with Gasteiger partial charge in [-0.25, -0.2) is 8.42 Å². The van der Waals surface area contributed by atoms with E-state index in [2.05, 4.69) is 10.3 Å². The minimum absolute atomic E-state index is 0.112. The minimum Gasteiger partial charge on any atom is -0.392 e. The number of nitrogens with zero attached hydrogens (tertiary/aromatic N) is 2. The molecule has 1 aromatic carbocycles. The summed E-state index contributed by atoms with van der Waals surface area (Å²) in [5, 5.41) is 12.4. The zero-order valence-electron chi connectivity index (χ0n) is 13.5. The molecule has 0 bridgehead atoms. The van der Waals surface area contributed by atoms with Crippen LogP contribution in [-0.4, -0.2) is 47.9 Å². The maximum absolute atomic E-state index is 12.6. The van der Waals surface area contributed by atoms with E-state index in [1.807, 2.05) is 0 Å². The highest BCUT2D eigenvalue weighted by atomic mass is 32.2. The van der Waals surface area contributed by atoms with Crippen molar-refractivity contribution in [2.75, 3.05) is 18.4 Å². The summed E-state index contributed by atoms with van der Waals surface area (Å²) in [6.45, 7) is 0.512. The van der Waals surface area contributed by atoms with E-state index >= 15 is 0 Å². The summed E-state index contributed by atoms with van der Waals surface area (Å²) in [6.07, 6.45) is 2.15. The summed E-state index contributed by atoms with van der Waals surface area (Å²) in [5.41, 5.74) is 0.759. The molecule has 1 atom stereocenters. The first-order chi connectivity index (χ1) is 12.0. The molecule has 1 amide bonds. The Morgan fingerprint density at radius 1 is 1.20 bits per heavy atom. The van der Waals surface area contributed by atoms with Crippen LogP contribution >= 0.6 is 0 Å². The Labute approximate surface area is 146 Å². The Hall–Kier alpha value is -2.29. The molecule has 2 aromatic rings. The first-order valence-corrected chi connectivity index (χ1v) is 9.41. The number of piperidine rings is 1. The van der Waals surface area contributed by atoms with Gasteiger partial charge in [0.1, 0.15) is 5.69 Å². The number of hydrogen-bond acceptors (Lipinski definition) is 5. The molecule has 1 aliphatic rings. The molecule has 0 radical (unpaired) electrons. The number of hydrogen-bond donors (Lipinski definition) is 2. The number of sulfonamides is 1. The van der Waals surface area contributed by atoms with Crippen LogP contribution in [0.4, 0.5) is 5.69 Å². The summed E-state index contributed by atoms with van der Waals surface area (Å²) in [5.74, 6) is -0.365. The number of anilines is 1. The van der Waals surface area contributed by atoms with Gasteiger partial charge in [-0.3, -0.25) is 9.78 Å². The van der Waals surface area contributed by atoms with Gasteiger partial charge in [0.2, 0.25) is 10.0 Å². The average Bonchev–Trinajstić information content (AvgIpc) is 2.63. The SMILES string of the molecule is O=C(Nc1ccc(S(=O)(=O)N2CCC[C@@H](O)C2)cc1)c1ccccn1. The van der Waals surface area contributed by atoms with E-state index < -0.39 is 16.1 Å². The largest absolute Gasteiger partial charge is 0.392 e. The van der Waals surface area contributed by atoms with Crippen LogP contribution in [0.25, 0.3) is 0 Å². The molecule has 1 saturated heterocycles. The molecule has 8 heteroatoms. The lowest BCUT2D eigenvalue weighted by atomic mass is 10.1. The molecule has 2 N–H and O–H groups in total. The average molecular weight is 361 g/mol. The Balaban J connectivity index is 1.72. The Morgan fingerprint density at radius 2 is 1.96 bits per heavy atom. The zero-order valence-corrected chi connectivity index (χ0v) is 14.3. The molecule has 0 spiro atoms. The van der Waals surface area contributed by atoms with Crippen LogP contribution in [0.1, 0.15) is 23.3 Å². The summed E-state index contributed by atoms with van der Waals surface area (Å²) in [4.78, 5) is 16.1. The molecular weight excluding hydrogens is 342 g/mol. The van der Waals surface area contributed by atoms with Crippen molar-refractivity contribution in [1.29, 1.82) is 0 Å². The number of benzene rings is 1. The summed E-state index contributed by atoms with van der Waals surface area (Å²) >= 11 is 0. The lowest BCUT2D eigenvalue weighted by Crippen LogP contribution is -2.42. The van der Waals surface area contributed by atoms with Gasteiger partial charge in [0.15, 0.2) is 0 Å². The number of amides is 1. The topological polar surface area (TPSA) is 99.6 Å². The van der Waals surface area contributed by atoms with E-state index in [0.717, 1.165) is 0 Å². The van der Waals surface area contributed by atoms with Gasteiger partial charge in [0.25, 0.3) is 5.91 Å². The van der Waals surface area contributed by atoms with Crippen LogP contribution < -0.4 is 5.32 Å². The third-order valence-corrected chi connectivity index (χ3v) is 5.89. The van der Waals surface area contributed by atoms with Crippen molar-refractivity contribution < 1.29 is 18.3 Å². The Bertz CT molecular complexity index is 838. The van der Waals surface area contributed by atoms with Crippen molar-refractivity contribution in [3.63, 3.8) is 0 Å². The van der Waals surface area contributed by atoms with Gasteiger partial charge in [-0.15, -0.1) is 0 Å². The lowest BCUT2D eigenvalue weighted by Gasteiger charge is -2.29. The van der Waals surface area contributed by atoms with Crippen molar-refractivity contribution in [1.82, 2.24) is 9.29 Å². The van der Waals surface area contributed by atoms with Gasteiger partial charge in [-0.05, 0) is 49.2 Å². The van der Waals surface area contributed by atoms with E-state index in [4.69, 9.17) is 0 Å². The van der Waals surface area contributed by atoms with Crippen molar-refractivity contribution in [3.05, 3.63) is 54.4 Å². The van der Waals surface area contributed by atoms with E-state index in [0.29, 0.717) is 25.1 Å². The molecule has 132 valence electrons. The second-order valence-corrected chi connectivity index (χ2v) is 7.79. The zero-order chi connectivity index (χ0) is 17.9. The fourth-order valence-corrected chi connectivity index (χ4v) is 4.21. The minimum atomic E-state index is -3.64. The van der Waals surface area contributed by atoms with Gasteiger partial charge >= 0.3 is 0 Å². The monoisotopic (exact) mass is 361 g/mol. The molecule has 7 nitrogen and oxygen atoms in total. The number of nitrogens with one attached hydrogen (secondary N) is 1. The fourth-order valence-electron chi connectivity index (χ4n) is 2.69. The predicted molar refractivity (Wildman–Crippen MR) is 92.6 cm³/mol. The second-order valence-electron chi connectivity index (χ2n) is 5.85. The van der Waals surface area contributed by atoms with E-state index in [1.54, 1.807) is 18.2 Å². The van der Waals surface area contributed by atoms with E-state index in [-0.39, 0.29) is 23.0 Å². The van der Waals surface area contributed by atoms with Crippen LogP contribution in [0.5, 0.6) is 0 Å². The van der Waals surface area contributed by atoms with Gasteiger partial charge in [-0.2, -0.15) is 4.31 Å². The predicted octanol–water partition coefficient (Wildman–Crippen LogP) is 1.48. The van der Waals surface area contributed by atoms with Gasteiger partial charge in [0, 0.05) is 25.0 Å². The van der Waals surface area contributed by atoms with Crippen LogP contribution in [0.15, 0.2) is 53.6 Å². The highest BCUT2D eigenvalue weighted by Gasteiger charge is 2.29. The molecule has 1 aromatic heterocycles. The number of β-amino-alcohol motifs (C(OH)–C–C–N with tert-alkyl or cyclic N) is 1. The van der Waals surface area contributed by atoms with Gasteiger partial charge in [-0.1, -0.05) is 6.07 Å². The number of aliphatic hydroxyl groups excluding tert-OH is 1. The Morgan fingerprint density at radius 3 is 2.60 bits per heavy atom. The molecule has 1 fully saturated rings. The fraction of sp³-hybridized carbons (Fsp3) is 0.294. The molecule has 0 saturated carbocycles. The van der Waals surface area contributed by atoms with Crippen LogP contribution in [0.2, 0.25) is 0 Å². The number of aromatic nitrogens is 1. The number of rotatable bonds is 4. The molecular formula is C17H19N3O4S. The highest BCUT2D eigenvalue weighted by molar-refractivity contribution is 7.89. The molecule has 0 aliphatic carbocycles. The van der Waals surface area contributed by atoms with Crippen molar-refractivity contribution in [2.24, 2.45) is 0 Å². The summed E-state index contributed by atoms with van der Waals surface area (Å²) in [6, 6.07) is 11.0. The van der Waals surface area contributed by atoms with Gasteiger partial charge in [0.05, 0.1) is 11.0 Å². The Kier molecular flexibility index (Phi) is 5.12. The maximum atomic E-state index is 12.6. The van der Waals surface area contributed by atoms with Crippen LogP contribution in [-0.2, 0) is 10.0 Å². The number of carbonyl (C=O) groups is 1. The molecule has 1 aliphatic heterocycles. The summed E-state index contributed by atoms with van der Waals surface area (Å²) in [7, 11) is -3.64. The van der Waals surface area contributed by atoms with Gasteiger partial charge < -0.3 is 10.4 Å². The summed E-state index contributed by atoms with van der Waals surface area (Å²) < 4.78 is 26.5. The third-order valence-electron chi connectivity index (χ3n) is 4.01. The van der Waals surface area contributed by atoms with Crippen molar-refractivity contribution in [2.45, 2.75) is 23.8 Å². The quantitative estimate of drug-likeness (QED) is 0.859. The van der Waals surface area contributed by atoms with E-state index in [9.17, 15) is 18.3 Å². The van der Waals surface area contributed by atoms with E-state index in [1.165, 1.54) is 34.8 Å². The second kappa shape index (κ2) is 7.30. The molecule has 3 rings (SSSR count). The first kappa shape index (κ1) is 17.5. The number of aliphatic hydroxyl groups is 1. The number of carbonyl (C=O) groups excluding carboxylic acids is 1. The van der Waals surface area contributed by atoms with Crippen LogP contribution in [0, 0.1) is 0 Å². The first-order valence-electron chi connectivity index (χ1n) is 7.97. The highest BCUT2D eigenvalue weighted by Crippen LogP contribution is 2.22. The van der Waals surface area contributed by atoms with Crippen LogP contribution in [0.3, 0.4) is 0 Å². The number of pyridine rings is 1. The molecule has 25 heavy (non-hydrogen) atoms. The molecule has 2 heterocycles. The maximum Gasteiger partial charge on any atom is 0.274 e. The van der Waals surface area contributed by atoms with Crippen molar-refractivity contribution in [3.8, 4) is 0 Å². The smallest absolute Gasteiger partial charge is 0.274 e. The lowest BCUT2D eigenvalue weighted by molar-refractivity contribution is 0.102. The molecule has 0 unspecified atom stereocenters. The normalized spacial score (nSPS) is 18.7.